The molecule has 0 saturated heterocycles. The summed E-state index contributed by atoms with van der Waals surface area (Å²) >= 11 is 0. The maximum Gasteiger partial charge on any atom is 0.0572 e. The highest BCUT2D eigenvalue weighted by Gasteiger charge is 2.14. The fourth-order valence-electron chi connectivity index (χ4n) is 1.53. The molecule has 2 atom stereocenters. The van der Waals surface area contributed by atoms with E-state index in [1.165, 1.54) is 19.3 Å². The fraction of sp³-hybridized carbons (Fsp3) is 1.00. The van der Waals surface area contributed by atoms with Crippen LogP contribution in [0, 0.1) is 0 Å². The van der Waals surface area contributed by atoms with E-state index in [4.69, 9.17) is 10.5 Å². The highest BCUT2D eigenvalue weighted by Crippen LogP contribution is 2.18. The van der Waals surface area contributed by atoms with Crippen LogP contribution in [0.5, 0.6) is 0 Å². The zero-order valence-corrected chi connectivity index (χ0v) is 6.68. The fourth-order valence-corrected chi connectivity index (χ4v) is 1.53. The van der Waals surface area contributed by atoms with Gasteiger partial charge in [-0.2, -0.15) is 0 Å². The highest BCUT2D eigenvalue weighted by molar-refractivity contribution is 4.71. The molecule has 10 heavy (non-hydrogen) atoms. The summed E-state index contributed by atoms with van der Waals surface area (Å²) in [5.74, 6) is 0. The first-order chi connectivity index (χ1) is 4.83. The average Bonchev–Trinajstić information content (AvgIpc) is 2.14. The Morgan fingerprint density at radius 1 is 1.20 bits per heavy atom. The molecule has 0 aliphatic heterocycles. The second-order valence-corrected chi connectivity index (χ2v) is 3.13. The van der Waals surface area contributed by atoms with E-state index in [1.807, 2.05) is 0 Å². The molecule has 0 aromatic rings. The molecular weight excluding hydrogens is 126 g/mol. The topological polar surface area (TPSA) is 35.2 Å². The van der Waals surface area contributed by atoms with Crippen molar-refractivity contribution in [2.75, 3.05) is 7.11 Å². The van der Waals surface area contributed by atoms with Gasteiger partial charge in [0, 0.05) is 13.2 Å². The maximum atomic E-state index is 5.80. The molecule has 2 N–H and O–H groups in total. The average molecular weight is 143 g/mol. The van der Waals surface area contributed by atoms with Crippen molar-refractivity contribution in [3.05, 3.63) is 0 Å². The van der Waals surface area contributed by atoms with Crippen LogP contribution in [-0.2, 0) is 4.74 Å². The van der Waals surface area contributed by atoms with E-state index in [9.17, 15) is 0 Å². The Morgan fingerprint density at radius 3 is 2.70 bits per heavy atom. The molecule has 1 fully saturated rings. The van der Waals surface area contributed by atoms with Crippen LogP contribution in [0.25, 0.3) is 0 Å². The van der Waals surface area contributed by atoms with Gasteiger partial charge in [0.05, 0.1) is 6.10 Å². The Labute approximate surface area is 62.7 Å². The second-order valence-electron chi connectivity index (χ2n) is 3.13. The molecule has 0 aromatic heterocycles. The molecule has 60 valence electrons. The van der Waals surface area contributed by atoms with Gasteiger partial charge in [-0.3, -0.25) is 0 Å². The Bertz CT molecular complexity index is 95.3. The minimum atomic E-state index is 0.431. The lowest BCUT2D eigenvalue weighted by Gasteiger charge is -2.10. The van der Waals surface area contributed by atoms with Crippen molar-refractivity contribution in [2.45, 2.75) is 44.2 Å². The van der Waals surface area contributed by atoms with Crippen molar-refractivity contribution < 1.29 is 4.74 Å². The van der Waals surface area contributed by atoms with Gasteiger partial charge in [0.2, 0.25) is 0 Å². The molecule has 1 aliphatic carbocycles. The Morgan fingerprint density at radius 2 is 2.00 bits per heavy atom. The monoisotopic (exact) mass is 143 g/mol. The van der Waals surface area contributed by atoms with E-state index in [1.54, 1.807) is 7.11 Å². The molecular formula is C8H17NO. The van der Waals surface area contributed by atoms with Crippen LogP contribution in [0.15, 0.2) is 0 Å². The molecule has 0 amide bonds. The number of rotatable bonds is 1. The van der Waals surface area contributed by atoms with E-state index >= 15 is 0 Å². The van der Waals surface area contributed by atoms with Crippen molar-refractivity contribution in [1.82, 2.24) is 0 Å². The van der Waals surface area contributed by atoms with E-state index in [0.29, 0.717) is 12.1 Å². The Kier molecular flexibility index (Phi) is 3.16. The zero-order chi connectivity index (χ0) is 7.40. The normalized spacial score (nSPS) is 35.4. The molecule has 0 radical (unpaired) electrons. The van der Waals surface area contributed by atoms with E-state index < -0.39 is 0 Å². The van der Waals surface area contributed by atoms with Crippen molar-refractivity contribution >= 4 is 0 Å². The highest BCUT2D eigenvalue weighted by atomic mass is 16.5. The number of hydrogen-bond acceptors (Lipinski definition) is 2. The van der Waals surface area contributed by atoms with Gasteiger partial charge in [-0.1, -0.05) is 0 Å². The first-order valence-electron chi connectivity index (χ1n) is 4.11. The quantitative estimate of drug-likeness (QED) is 0.561. The molecule has 0 heterocycles. The van der Waals surface area contributed by atoms with Crippen LogP contribution >= 0.6 is 0 Å². The summed E-state index contributed by atoms with van der Waals surface area (Å²) in [6.45, 7) is 0. The van der Waals surface area contributed by atoms with Crippen molar-refractivity contribution in [3.8, 4) is 0 Å². The molecule has 1 rings (SSSR count). The van der Waals surface area contributed by atoms with E-state index in [0.717, 1.165) is 12.8 Å². The molecule has 1 aliphatic rings. The van der Waals surface area contributed by atoms with Crippen LogP contribution in [0.2, 0.25) is 0 Å². The molecule has 1 saturated carbocycles. The SMILES string of the molecule is CO[C@H]1CCC[C@H](N)CC1. The van der Waals surface area contributed by atoms with Gasteiger partial charge >= 0.3 is 0 Å². The number of nitrogens with two attached hydrogens (primary N) is 1. The van der Waals surface area contributed by atoms with Crippen LogP contribution < -0.4 is 5.73 Å². The predicted molar refractivity (Wildman–Crippen MR) is 41.9 cm³/mol. The van der Waals surface area contributed by atoms with Gasteiger partial charge in [0.1, 0.15) is 0 Å². The Hall–Kier alpha value is -0.0800. The van der Waals surface area contributed by atoms with Gasteiger partial charge in [-0.15, -0.1) is 0 Å². The summed E-state index contributed by atoms with van der Waals surface area (Å²) in [7, 11) is 1.79. The lowest BCUT2D eigenvalue weighted by molar-refractivity contribution is 0.0897. The zero-order valence-electron chi connectivity index (χ0n) is 6.68. The summed E-state index contributed by atoms with van der Waals surface area (Å²) < 4.78 is 5.26. The molecule has 0 spiro atoms. The maximum absolute atomic E-state index is 5.80. The summed E-state index contributed by atoms with van der Waals surface area (Å²) in [5.41, 5.74) is 5.80. The third-order valence-corrected chi connectivity index (χ3v) is 2.29. The minimum absolute atomic E-state index is 0.431. The second kappa shape index (κ2) is 3.94. The third kappa shape index (κ3) is 2.27. The summed E-state index contributed by atoms with van der Waals surface area (Å²) in [6, 6.07) is 0.431. The van der Waals surface area contributed by atoms with Crippen molar-refractivity contribution in [1.29, 1.82) is 0 Å². The van der Waals surface area contributed by atoms with Crippen LogP contribution in [-0.4, -0.2) is 19.3 Å². The lowest BCUT2D eigenvalue weighted by Crippen LogP contribution is -2.18. The van der Waals surface area contributed by atoms with Crippen molar-refractivity contribution in [3.63, 3.8) is 0 Å². The predicted octanol–water partition coefficient (Wildman–Crippen LogP) is 1.29. The first kappa shape index (κ1) is 8.02. The number of ether oxygens (including phenoxy) is 1. The molecule has 0 unspecified atom stereocenters. The molecule has 0 bridgehead atoms. The van der Waals surface area contributed by atoms with Gasteiger partial charge in [-0.05, 0) is 32.1 Å². The standard InChI is InChI=1S/C8H17NO/c1-10-8-4-2-3-7(9)5-6-8/h7-8H,2-6,9H2,1H3/t7-,8-/m0/s1. The van der Waals surface area contributed by atoms with Gasteiger partial charge in [0.25, 0.3) is 0 Å². The number of methoxy groups -OCH3 is 1. The van der Waals surface area contributed by atoms with E-state index in [2.05, 4.69) is 0 Å². The van der Waals surface area contributed by atoms with Gasteiger partial charge in [-0.25, -0.2) is 0 Å². The van der Waals surface area contributed by atoms with Gasteiger partial charge in [0.15, 0.2) is 0 Å². The smallest absolute Gasteiger partial charge is 0.0572 e. The van der Waals surface area contributed by atoms with Gasteiger partial charge < -0.3 is 10.5 Å². The van der Waals surface area contributed by atoms with Crippen molar-refractivity contribution in [2.24, 2.45) is 5.73 Å². The summed E-state index contributed by atoms with van der Waals surface area (Å²) in [5, 5.41) is 0. The molecule has 2 heteroatoms. The molecule has 0 aromatic carbocycles. The third-order valence-electron chi connectivity index (χ3n) is 2.29. The lowest BCUT2D eigenvalue weighted by atomic mass is 10.1. The summed E-state index contributed by atoms with van der Waals surface area (Å²) in [6.07, 6.45) is 6.38. The number of hydrogen-bond donors (Lipinski definition) is 1. The van der Waals surface area contributed by atoms with Crippen LogP contribution in [0.3, 0.4) is 0 Å². The molecule has 2 nitrogen and oxygen atoms in total. The summed E-state index contributed by atoms with van der Waals surface area (Å²) in [4.78, 5) is 0. The van der Waals surface area contributed by atoms with E-state index in [-0.39, 0.29) is 0 Å². The van der Waals surface area contributed by atoms with Crippen LogP contribution in [0.4, 0.5) is 0 Å². The largest absolute Gasteiger partial charge is 0.381 e. The minimum Gasteiger partial charge on any atom is -0.381 e. The Balaban J connectivity index is 2.26. The van der Waals surface area contributed by atoms with Crippen LogP contribution in [0.1, 0.15) is 32.1 Å². The first-order valence-corrected chi connectivity index (χ1v) is 4.11.